The molecule has 0 rings (SSSR count). The van der Waals surface area contributed by atoms with E-state index in [-0.39, 0.29) is 51.0 Å². The largest absolute Gasteiger partial charge is 0.465 e. The molecule has 9 nitrogen and oxygen atoms in total. The maximum absolute atomic E-state index is 12.0. The van der Waals surface area contributed by atoms with E-state index >= 15 is 0 Å². The van der Waals surface area contributed by atoms with Gasteiger partial charge in [-0.1, -0.05) is 6.92 Å². The molecule has 0 saturated heterocycles. The standard InChI is InChI=1S/C17H31O9PS3/c1-2-17(11-24-14(18)3-7-28,12-25-15(19)4-8-29)13-26-16(20)5-9-30-10-6-27(21,22)23/h28-29H,2-13H2,1H3,(H2,21,22,23). The van der Waals surface area contributed by atoms with Gasteiger partial charge in [0.25, 0.3) is 0 Å². The van der Waals surface area contributed by atoms with E-state index in [1.807, 2.05) is 6.92 Å². The molecule has 0 aromatic rings. The highest BCUT2D eigenvalue weighted by Crippen LogP contribution is 2.34. The summed E-state index contributed by atoms with van der Waals surface area (Å²) in [6.45, 7) is 1.56. The molecule has 30 heavy (non-hydrogen) atoms. The maximum Gasteiger partial charge on any atom is 0.326 e. The zero-order chi connectivity index (χ0) is 23.0. The second-order valence-corrected chi connectivity index (χ2v) is 10.4. The van der Waals surface area contributed by atoms with Crippen LogP contribution in [0.5, 0.6) is 0 Å². The average Bonchev–Trinajstić information content (AvgIpc) is 2.67. The first-order chi connectivity index (χ1) is 14.1. The molecule has 0 aliphatic heterocycles. The Hall–Kier alpha value is -0.390. The molecule has 0 spiro atoms. The Labute approximate surface area is 192 Å². The first-order valence-corrected chi connectivity index (χ1v) is 13.6. The number of thioether (sulfide) groups is 1. The Bertz CT molecular complexity index is 561. The molecule has 0 aromatic carbocycles. The predicted molar refractivity (Wildman–Crippen MR) is 121 cm³/mol. The van der Waals surface area contributed by atoms with Crippen molar-refractivity contribution < 1.29 is 42.9 Å². The normalized spacial score (nSPS) is 11.8. The fraction of sp³-hybridized carbons (Fsp3) is 0.824. The third kappa shape index (κ3) is 15.4. The van der Waals surface area contributed by atoms with Gasteiger partial charge in [0.1, 0.15) is 19.8 Å². The van der Waals surface area contributed by atoms with Gasteiger partial charge in [-0.25, -0.2) is 0 Å². The number of esters is 3. The smallest absolute Gasteiger partial charge is 0.326 e. The summed E-state index contributed by atoms with van der Waals surface area (Å²) in [5.74, 6) is -0.133. The number of hydrogen-bond acceptors (Lipinski definition) is 10. The van der Waals surface area contributed by atoms with Gasteiger partial charge in [-0.3, -0.25) is 18.9 Å². The van der Waals surface area contributed by atoms with Crippen molar-refractivity contribution in [2.24, 2.45) is 5.41 Å². The lowest BCUT2D eigenvalue weighted by atomic mass is 9.88. The summed E-state index contributed by atoms with van der Waals surface area (Å²) in [6, 6.07) is 0. The van der Waals surface area contributed by atoms with Crippen molar-refractivity contribution >= 4 is 62.5 Å². The quantitative estimate of drug-likeness (QED) is 0.0762. The molecule has 176 valence electrons. The van der Waals surface area contributed by atoms with Crippen molar-refractivity contribution in [2.75, 3.05) is 49.0 Å². The van der Waals surface area contributed by atoms with Crippen LogP contribution in [0.3, 0.4) is 0 Å². The number of hydrogen-bond donors (Lipinski definition) is 4. The van der Waals surface area contributed by atoms with Gasteiger partial charge in [-0.15, -0.1) is 0 Å². The molecule has 0 saturated carbocycles. The summed E-state index contributed by atoms with van der Waals surface area (Å²) in [7, 11) is -4.04. The molecular formula is C17H31O9PS3. The predicted octanol–water partition coefficient (Wildman–Crippen LogP) is 1.95. The van der Waals surface area contributed by atoms with Crippen LogP contribution in [-0.4, -0.2) is 76.7 Å². The number of thiol groups is 2. The average molecular weight is 507 g/mol. The third-order valence-corrected chi connectivity index (χ3v) is 6.52. The molecule has 0 radical (unpaired) electrons. The zero-order valence-electron chi connectivity index (χ0n) is 17.0. The molecular weight excluding hydrogens is 475 g/mol. The SMILES string of the molecule is CCC(COC(=O)CCS)(COC(=O)CCS)COC(=O)CCSCCP(=O)(O)O. The van der Waals surface area contributed by atoms with Crippen LogP contribution in [0.2, 0.25) is 0 Å². The van der Waals surface area contributed by atoms with Gasteiger partial charge in [-0.05, 0) is 6.42 Å². The molecule has 0 fully saturated rings. The lowest BCUT2D eigenvalue weighted by Crippen LogP contribution is -2.39. The molecule has 0 aromatic heterocycles. The Morgan fingerprint density at radius 1 is 0.867 bits per heavy atom. The van der Waals surface area contributed by atoms with E-state index in [4.69, 9.17) is 24.0 Å². The number of carbonyl (C=O) groups is 3. The minimum Gasteiger partial charge on any atom is -0.465 e. The summed E-state index contributed by atoms with van der Waals surface area (Å²) in [4.78, 5) is 53.0. The van der Waals surface area contributed by atoms with E-state index < -0.39 is 30.9 Å². The van der Waals surface area contributed by atoms with Crippen LogP contribution in [0.15, 0.2) is 0 Å². The topological polar surface area (TPSA) is 136 Å². The fourth-order valence-electron chi connectivity index (χ4n) is 1.97. The Morgan fingerprint density at radius 2 is 1.30 bits per heavy atom. The van der Waals surface area contributed by atoms with Crippen LogP contribution in [-0.2, 0) is 33.2 Å². The van der Waals surface area contributed by atoms with Crippen LogP contribution < -0.4 is 0 Å². The van der Waals surface area contributed by atoms with E-state index in [1.165, 1.54) is 11.8 Å². The molecule has 13 heteroatoms. The summed E-state index contributed by atoms with van der Waals surface area (Å²) in [6.07, 6.45) is 0.507. The minimum atomic E-state index is -4.04. The van der Waals surface area contributed by atoms with E-state index in [1.54, 1.807) is 0 Å². The van der Waals surface area contributed by atoms with Crippen molar-refractivity contribution in [3.8, 4) is 0 Å². The summed E-state index contributed by atoms with van der Waals surface area (Å²) in [5, 5.41) is 0. The highest BCUT2D eigenvalue weighted by atomic mass is 32.2. The highest BCUT2D eigenvalue weighted by molar-refractivity contribution is 7.99. The monoisotopic (exact) mass is 506 g/mol. The van der Waals surface area contributed by atoms with Crippen LogP contribution in [0.1, 0.15) is 32.6 Å². The third-order valence-electron chi connectivity index (χ3n) is 3.98. The second kappa shape index (κ2) is 16.3. The summed E-state index contributed by atoms with van der Waals surface area (Å²) < 4.78 is 26.6. The van der Waals surface area contributed by atoms with Crippen molar-refractivity contribution in [3.05, 3.63) is 0 Å². The fourth-order valence-corrected chi connectivity index (χ4v) is 4.32. The summed E-state index contributed by atoms with van der Waals surface area (Å²) >= 11 is 9.20. The first kappa shape index (κ1) is 29.6. The van der Waals surface area contributed by atoms with Crippen molar-refractivity contribution in [1.29, 1.82) is 0 Å². The van der Waals surface area contributed by atoms with Gasteiger partial charge in [0.2, 0.25) is 0 Å². The molecule has 0 aliphatic carbocycles. The van der Waals surface area contributed by atoms with E-state index in [9.17, 15) is 18.9 Å². The van der Waals surface area contributed by atoms with Crippen molar-refractivity contribution in [3.63, 3.8) is 0 Å². The van der Waals surface area contributed by atoms with Gasteiger partial charge < -0.3 is 24.0 Å². The van der Waals surface area contributed by atoms with Gasteiger partial charge >= 0.3 is 25.5 Å². The summed E-state index contributed by atoms with van der Waals surface area (Å²) in [5.41, 5.74) is -0.873. The number of rotatable bonds is 17. The zero-order valence-corrected chi connectivity index (χ0v) is 20.5. The Morgan fingerprint density at radius 3 is 1.67 bits per heavy atom. The van der Waals surface area contributed by atoms with Crippen molar-refractivity contribution in [1.82, 2.24) is 0 Å². The first-order valence-electron chi connectivity index (χ1n) is 9.38. The molecule has 0 amide bonds. The number of ether oxygens (including phenoxy) is 3. The van der Waals surface area contributed by atoms with Crippen LogP contribution in [0.25, 0.3) is 0 Å². The number of carbonyl (C=O) groups excluding carboxylic acids is 3. The van der Waals surface area contributed by atoms with E-state index in [2.05, 4.69) is 25.3 Å². The molecule has 0 aliphatic rings. The van der Waals surface area contributed by atoms with Crippen LogP contribution in [0, 0.1) is 5.41 Å². The molecule has 0 heterocycles. The Balaban J connectivity index is 4.68. The van der Waals surface area contributed by atoms with Crippen LogP contribution in [0.4, 0.5) is 0 Å². The molecule has 0 atom stereocenters. The van der Waals surface area contributed by atoms with Gasteiger partial charge in [-0.2, -0.15) is 37.0 Å². The molecule has 2 N–H and O–H groups in total. The lowest BCUT2D eigenvalue weighted by molar-refractivity contribution is -0.161. The van der Waals surface area contributed by atoms with Gasteiger partial charge in [0.15, 0.2) is 0 Å². The Kier molecular flexibility index (Phi) is 16.1. The van der Waals surface area contributed by atoms with Gasteiger partial charge in [0.05, 0.1) is 30.8 Å². The highest BCUT2D eigenvalue weighted by Gasteiger charge is 2.34. The van der Waals surface area contributed by atoms with E-state index in [0.29, 0.717) is 23.7 Å². The lowest BCUT2D eigenvalue weighted by Gasteiger charge is -2.31. The second-order valence-electron chi connectivity index (χ2n) is 6.53. The van der Waals surface area contributed by atoms with E-state index in [0.717, 1.165) is 0 Å². The molecule has 0 bridgehead atoms. The van der Waals surface area contributed by atoms with Crippen LogP contribution >= 0.6 is 44.6 Å². The van der Waals surface area contributed by atoms with Crippen molar-refractivity contribution in [2.45, 2.75) is 32.6 Å². The minimum absolute atomic E-state index is 0.0600. The maximum atomic E-state index is 12.0. The van der Waals surface area contributed by atoms with Gasteiger partial charge in [0, 0.05) is 23.0 Å². The molecule has 0 unspecified atom stereocenters.